The first-order valence-electron chi connectivity index (χ1n) is 6.38. The quantitative estimate of drug-likeness (QED) is 0.763. The molecular weight excluding hydrogens is 213 g/mol. The number of piperidine rings is 1. The largest absolute Gasteiger partial charge is 0.488 e. The standard InChI is InChI=1S/C13H20BNO2/c1-11(15-9-3-2-4-10-15)12-5-7-13(8-6-12)14(16)17/h5-8,11,16-17H,2-4,9-10H2,1H3. The van der Waals surface area contributed by atoms with Gasteiger partial charge in [-0.25, -0.2) is 0 Å². The minimum absolute atomic E-state index is 0.417. The van der Waals surface area contributed by atoms with Crippen LogP contribution in [0.4, 0.5) is 0 Å². The molecule has 0 radical (unpaired) electrons. The van der Waals surface area contributed by atoms with Gasteiger partial charge in [0.25, 0.3) is 0 Å². The Labute approximate surface area is 103 Å². The molecular formula is C13H20BNO2. The van der Waals surface area contributed by atoms with E-state index in [2.05, 4.69) is 11.8 Å². The van der Waals surface area contributed by atoms with Gasteiger partial charge in [-0.05, 0) is 43.9 Å². The van der Waals surface area contributed by atoms with Crippen molar-refractivity contribution in [3.05, 3.63) is 29.8 Å². The third kappa shape index (κ3) is 3.09. The molecule has 2 N–H and O–H groups in total. The number of nitrogens with zero attached hydrogens (tertiary/aromatic N) is 1. The molecule has 0 bridgehead atoms. The topological polar surface area (TPSA) is 43.7 Å². The molecule has 0 saturated carbocycles. The lowest BCUT2D eigenvalue weighted by molar-refractivity contribution is 0.175. The highest BCUT2D eigenvalue weighted by Crippen LogP contribution is 2.23. The van der Waals surface area contributed by atoms with E-state index in [1.165, 1.54) is 37.9 Å². The van der Waals surface area contributed by atoms with Crippen LogP contribution in [0.15, 0.2) is 24.3 Å². The van der Waals surface area contributed by atoms with E-state index in [0.29, 0.717) is 11.5 Å². The van der Waals surface area contributed by atoms with Gasteiger partial charge in [0, 0.05) is 6.04 Å². The second-order valence-electron chi connectivity index (χ2n) is 4.81. The Bertz CT molecular complexity index is 347. The van der Waals surface area contributed by atoms with Crippen LogP contribution in [-0.4, -0.2) is 35.2 Å². The number of rotatable bonds is 3. The molecule has 1 heterocycles. The first kappa shape index (κ1) is 12.6. The van der Waals surface area contributed by atoms with Gasteiger partial charge in [0.05, 0.1) is 0 Å². The molecule has 2 rings (SSSR count). The lowest BCUT2D eigenvalue weighted by atomic mass is 9.80. The number of likely N-dealkylation sites (tertiary alicyclic amines) is 1. The van der Waals surface area contributed by atoms with Crippen LogP contribution in [0.5, 0.6) is 0 Å². The molecule has 92 valence electrons. The van der Waals surface area contributed by atoms with Gasteiger partial charge in [-0.1, -0.05) is 30.7 Å². The van der Waals surface area contributed by atoms with Crippen LogP contribution in [-0.2, 0) is 0 Å². The van der Waals surface area contributed by atoms with E-state index in [4.69, 9.17) is 10.0 Å². The van der Waals surface area contributed by atoms with Crippen molar-refractivity contribution >= 4 is 12.6 Å². The van der Waals surface area contributed by atoms with Crippen LogP contribution < -0.4 is 5.46 Å². The number of hydrogen-bond acceptors (Lipinski definition) is 3. The van der Waals surface area contributed by atoms with Crippen molar-refractivity contribution in [3.8, 4) is 0 Å². The average molecular weight is 233 g/mol. The summed E-state index contributed by atoms with van der Waals surface area (Å²) in [6.45, 7) is 4.56. The molecule has 1 aromatic rings. The zero-order chi connectivity index (χ0) is 12.3. The predicted molar refractivity (Wildman–Crippen MR) is 70.1 cm³/mol. The fourth-order valence-electron chi connectivity index (χ4n) is 2.46. The Morgan fingerprint density at radius 2 is 1.65 bits per heavy atom. The maximum absolute atomic E-state index is 9.05. The Morgan fingerprint density at radius 3 is 2.18 bits per heavy atom. The summed E-state index contributed by atoms with van der Waals surface area (Å²) in [4.78, 5) is 2.49. The highest BCUT2D eigenvalue weighted by molar-refractivity contribution is 6.58. The van der Waals surface area contributed by atoms with E-state index < -0.39 is 7.12 Å². The van der Waals surface area contributed by atoms with Gasteiger partial charge >= 0.3 is 7.12 Å². The van der Waals surface area contributed by atoms with Crippen LogP contribution in [0.25, 0.3) is 0 Å². The van der Waals surface area contributed by atoms with Crippen molar-refractivity contribution in [2.75, 3.05) is 13.1 Å². The van der Waals surface area contributed by atoms with Crippen LogP contribution in [0.2, 0.25) is 0 Å². The summed E-state index contributed by atoms with van der Waals surface area (Å²) >= 11 is 0. The first-order valence-corrected chi connectivity index (χ1v) is 6.38. The molecule has 4 heteroatoms. The third-order valence-electron chi connectivity index (χ3n) is 3.66. The average Bonchev–Trinajstić information content (AvgIpc) is 2.39. The molecule has 17 heavy (non-hydrogen) atoms. The highest BCUT2D eigenvalue weighted by Gasteiger charge is 2.18. The molecule has 0 spiro atoms. The number of hydrogen-bond donors (Lipinski definition) is 2. The third-order valence-corrected chi connectivity index (χ3v) is 3.66. The van der Waals surface area contributed by atoms with Gasteiger partial charge < -0.3 is 10.0 Å². The second-order valence-corrected chi connectivity index (χ2v) is 4.81. The summed E-state index contributed by atoms with van der Waals surface area (Å²) in [6.07, 6.45) is 3.93. The van der Waals surface area contributed by atoms with Gasteiger partial charge in [-0.15, -0.1) is 0 Å². The monoisotopic (exact) mass is 233 g/mol. The van der Waals surface area contributed by atoms with Crippen LogP contribution in [0.1, 0.15) is 37.8 Å². The molecule has 1 unspecified atom stereocenters. The summed E-state index contributed by atoms with van der Waals surface area (Å²) in [7, 11) is -1.37. The first-order chi connectivity index (χ1) is 8.18. The summed E-state index contributed by atoms with van der Waals surface area (Å²) in [5, 5.41) is 18.1. The Balaban J connectivity index is 2.05. The van der Waals surface area contributed by atoms with Crippen molar-refractivity contribution in [1.29, 1.82) is 0 Å². The van der Waals surface area contributed by atoms with Crippen molar-refractivity contribution in [2.45, 2.75) is 32.2 Å². The zero-order valence-electron chi connectivity index (χ0n) is 10.3. The molecule has 3 nitrogen and oxygen atoms in total. The molecule has 1 atom stereocenters. The smallest absolute Gasteiger partial charge is 0.423 e. The molecule has 1 aliphatic rings. The normalized spacial score (nSPS) is 19.0. The summed E-state index contributed by atoms with van der Waals surface area (Å²) in [5.74, 6) is 0. The van der Waals surface area contributed by atoms with Crippen molar-refractivity contribution in [1.82, 2.24) is 4.90 Å². The van der Waals surface area contributed by atoms with Gasteiger partial charge in [0.15, 0.2) is 0 Å². The lowest BCUT2D eigenvalue weighted by Gasteiger charge is -2.32. The van der Waals surface area contributed by atoms with Gasteiger partial charge in [0.1, 0.15) is 0 Å². The molecule has 0 aliphatic carbocycles. The maximum atomic E-state index is 9.05. The minimum Gasteiger partial charge on any atom is -0.423 e. The highest BCUT2D eigenvalue weighted by atomic mass is 16.4. The van der Waals surface area contributed by atoms with Crippen LogP contribution >= 0.6 is 0 Å². The molecule has 1 aromatic carbocycles. The molecule has 1 fully saturated rings. The van der Waals surface area contributed by atoms with Gasteiger partial charge in [-0.2, -0.15) is 0 Å². The molecule has 1 aliphatic heterocycles. The van der Waals surface area contributed by atoms with E-state index in [0.717, 1.165) is 0 Å². The Morgan fingerprint density at radius 1 is 1.06 bits per heavy atom. The lowest BCUT2D eigenvalue weighted by Crippen LogP contribution is -2.33. The summed E-state index contributed by atoms with van der Waals surface area (Å²) in [6, 6.07) is 7.99. The minimum atomic E-state index is -1.37. The fourth-order valence-corrected chi connectivity index (χ4v) is 2.46. The number of benzene rings is 1. The van der Waals surface area contributed by atoms with Crippen molar-refractivity contribution < 1.29 is 10.0 Å². The van der Waals surface area contributed by atoms with Crippen molar-refractivity contribution in [3.63, 3.8) is 0 Å². The van der Waals surface area contributed by atoms with E-state index in [1.54, 1.807) is 12.1 Å². The second kappa shape index (κ2) is 5.67. The fraction of sp³-hybridized carbons (Fsp3) is 0.538. The summed E-state index contributed by atoms with van der Waals surface area (Å²) in [5.41, 5.74) is 1.80. The van der Waals surface area contributed by atoms with Gasteiger partial charge in [0.2, 0.25) is 0 Å². The summed E-state index contributed by atoms with van der Waals surface area (Å²) < 4.78 is 0. The van der Waals surface area contributed by atoms with Gasteiger partial charge in [-0.3, -0.25) is 4.90 Å². The Kier molecular flexibility index (Phi) is 4.21. The van der Waals surface area contributed by atoms with E-state index in [9.17, 15) is 0 Å². The predicted octanol–water partition coefficient (Wildman–Crippen LogP) is 0.913. The van der Waals surface area contributed by atoms with Crippen LogP contribution in [0.3, 0.4) is 0 Å². The van der Waals surface area contributed by atoms with E-state index in [1.807, 2.05) is 12.1 Å². The molecule has 0 amide bonds. The molecule has 1 saturated heterocycles. The van der Waals surface area contributed by atoms with E-state index in [-0.39, 0.29) is 0 Å². The van der Waals surface area contributed by atoms with Crippen molar-refractivity contribution in [2.24, 2.45) is 0 Å². The maximum Gasteiger partial charge on any atom is 0.488 e. The SMILES string of the molecule is CC(c1ccc(B(O)O)cc1)N1CCCCC1. The Hall–Kier alpha value is -0.835. The molecule has 0 aromatic heterocycles. The zero-order valence-corrected chi connectivity index (χ0v) is 10.3. The van der Waals surface area contributed by atoms with Crippen LogP contribution in [0, 0.1) is 0 Å². The van der Waals surface area contributed by atoms with E-state index >= 15 is 0 Å².